The minimum Gasteiger partial charge on any atom is -0.511 e. The second kappa shape index (κ2) is 5.52. The summed E-state index contributed by atoms with van der Waals surface area (Å²) in [4.78, 5) is 12.2. The molecule has 1 aliphatic rings. The zero-order chi connectivity index (χ0) is 15.9. The average Bonchev–Trinajstić information content (AvgIpc) is 2.37. The standard InChI is InChI=1S/C15H16Cl2O4/c1-7-5-8(16)6-9(17)10(7)11-12(18)15(2,3)14(20-4)21-13(11)19/h5-6,14,18H,1-4H3. The molecule has 2 rings (SSSR count). The topological polar surface area (TPSA) is 55.8 Å². The van der Waals surface area contributed by atoms with E-state index in [1.807, 2.05) is 0 Å². The maximum Gasteiger partial charge on any atom is 0.344 e. The number of methoxy groups -OCH3 is 1. The number of hydrogen-bond donors (Lipinski definition) is 1. The molecule has 21 heavy (non-hydrogen) atoms. The van der Waals surface area contributed by atoms with E-state index in [-0.39, 0.29) is 16.4 Å². The fourth-order valence-corrected chi connectivity index (χ4v) is 3.11. The van der Waals surface area contributed by atoms with E-state index in [9.17, 15) is 9.90 Å². The van der Waals surface area contributed by atoms with Crippen LogP contribution >= 0.6 is 23.2 Å². The number of carbonyl (C=O) groups is 1. The summed E-state index contributed by atoms with van der Waals surface area (Å²) in [5.74, 6) is -0.788. The summed E-state index contributed by atoms with van der Waals surface area (Å²) in [6.07, 6.45) is -0.861. The zero-order valence-electron chi connectivity index (χ0n) is 12.2. The van der Waals surface area contributed by atoms with Crippen LogP contribution in [-0.4, -0.2) is 24.5 Å². The molecule has 1 aromatic rings. The molecule has 114 valence electrons. The maximum atomic E-state index is 12.2. The van der Waals surface area contributed by atoms with E-state index in [0.717, 1.165) is 0 Å². The Kier molecular flexibility index (Phi) is 4.24. The van der Waals surface area contributed by atoms with Gasteiger partial charge in [-0.05, 0) is 38.5 Å². The Morgan fingerprint density at radius 3 is 2.48 bits per heavy atom. The van der Waals surface area contributed by atoms with Gasteiger partial charge in [-0.15, -0.1) is 0 Å². The quantitative estimate of drug-likeness (QED) is 0.828. The van der Waals surface area contributed by atoms with Crippen LogP contribution in [0.5, 0.6) is 0 Å². The molecule has 0 aromatic heterocycles. The summed E-state index contributed by atoms with van der Waals surface area (Å²) in [7, 11) is 1.42. The number of aliphatic hydroxyl groups excluding tert-OH is 1. The molecule has 0 aliphatic carbocycles. The van der Waals surface area contributed by atoms with Gasteiger partial charge in [0.15, 0.2) is 0 Å². The van der Waals surface area contributed by atoms with Crippen LogP contribution in [0.15, 0.2) is 17.9 Å². The van der Waals surface area contributed by atoms with Gasteiger partial charge >= 0.3 is 5.97 Å². The number of esters is 1. The highest BCUT2D eigenvalue weighted by Crippen LogP contribution is 2.43. The molecule has 1 N–H and O–H groups in total. The second-order valence-electron chi connectivity index (χ2n) is 5.50. The summed E-state index contributed by atoms with van der Waals surface area (Å²) in [5.41, 5.74) is 0.268. The fourth-order valence-electron chi connectivity index (χ4n) is 2.42. The van der Waals surface area contributed by atoms with Crippen LogP contribution in [0.1, 0.15) is 25.0 Å². The maximum absolute atomic E-state index is 12.2. The van der Waals surface area contributed by atoms with Gasteiger partial charge in [0.1, 0.15) is 11.3 Å². The molecule has 0 fully saturated rings. The third-order valence-electron chi connectivity index (χ3n) is 3.57. The molecule has 1 aliphatic heterocycles. The van der Waals surface area contributed by atoms with E-state index < -0.39 is 17.7 Å². The lowest BCUT2D eigenvalue weighted by molar-refractivity contribution is -0.195. The van der Waals surface area contributed by atoms with Gasteiger partial charge in [-0.25, -0.2) is 4.79 Å². The number of carbonyl (C=O) groups excluding carboxylic acids is 1. The SMILES string of the molecule is COC1OC(=O)C(c2c(C)cc(Cl)cc2Cl)=C(O)C1(C)C. The first-order chi connectivity index (χ1) is 9.70. The van der Waals surface area contributed by atoms with E-state index in [1.165, 1.54) is 13.2 Å². The third kappa shape index (κ3) is 2.63. The van der Waals surface area contributed by atoms with E-state index in [2.05, 4.69) is 0 Å². The van der Waals surface area contributed by atoms with Crippen molar-refractivity contribution >= 4 is 34.7 Å². The third-order valence-corrected chi connectivity index (χ3v) is 4.09. The zero-order valence-corrected chi connectivity index (χ0v) is 13.7. The molecule has 0 saturated heterocycles. The number of aryl methyl sites for hydroxylation is 1. The number of ether oxygens (including phenoxy) is 2. The summed E-state index contributed by atoms with van der Waals surface area (Å²) in [6.45, 7) is 5.21. The second-order valence-corrected chi connectivity index (χ2v) is 6.34. The highest BCUT2D eigenvalue weighted by Gasteiger charge is 2.45. The molecule has 0 spiro atoms. The molecule has 1 aromatic carbocycles. The number of benzene rings is 1. The monoisotopic (exact) mass is 330 g/mol. The Bertz CT molecular complexity index is 612. The van der Waals surface area contributed by atoms with Gasteiger partial charge in [-0.2, -0.15) is 0 Å². The molecule has 0 bridgehead atoms. The number of halogens is 2. The van der Waals surface area contributed by atoms with Crippen molar-refractivity contribution in [3.63, 3.8) is 0 Å². The Morgan fingerprint density at radius 1 is 1.33 bits per heavy atom. The minimum atomic E-state index is -0.882. The van der Waals surface area contributed by atoms with Gasteiger partial charge in [-0.1, -0.05) is 23.2 Å². The van der Waals surface area contributed by atoms with Crippen LogP contribution in [0.4, 0.5) is 0 Å². The van der Waals surface area contributed by atoms with Crippen molar-refractivity contribution in [2.45, 2.75) is 27.1 Å². The number of rotatable bonds is 2. The van der Waals surface area contributed by atoms with Gasteiger partial charge < -0.3 is 14.6 Å². The lowest BCUT2D eigenvalue weighted by atomic mass is 9.82. The molecule has 0 radical (unpaired) electrons. The van der Waals surface area contributed by atoms with Crippen LogP contribution in [0.25, 0.3) is 5.57 Å². The molecule has 4 nitrogen and oxygen atoms in total. The van der Waals surface area contributed by atoms with E-state index in [0.29, 0.717) is 16.1 Å². The van der Waals surface area contributed by atoms with Crippen molar-refractivity contribution in [3.8, 4) is 0 Å². The van der Waals surface area contributed by atoms with Gasteiger partial charge in [0.25, 0.3) is 0 Å². The van der Waals surface area contributed by atoms with Crippen LogP contribution in [0.2, 0.25) is 10.0 Å². The van der Waals surface area contributed by atoms with Crippen LogP contribution < -0.4 is 0 Å². The van der Waals surface area contributed by atoms with E-state index >= 15 is 0 Å². The first-order valence-corrected chi connectivity index (χ1v) is 7.09. The lowest BCUT2D eigenvalue weighted by Crippen LogP contribution is -2.42. The molecule has 1 unspecified atom stereocenters. The normalized spacial score (nSPS) is 21.4. The minimum absolute atomic E-state index is 0.0486. The molecular formula is C15H16Cl2O4. The summed E-state index contributed by atoms with van der Waals surface area (Å²) >= 11 is 12.1. The number of cyclic esters (lactones) is 1. The first kappa shape index (κ1) is 16.1. The summed E-state index contributed by atoms with van der Waals surface area (Å²) in [6, 6.07) is 3.19. The molecule has 1 atom stereocenters. The van der Waals surface area contributed by atoms with Crippen molar-refractivity contribution in [1.29, 1.82) is 0 Å². The lowest BCUT2D eigenvalue weighted by Gasteiger charge is -2.37. The first-order valence-electron chi connectivity index (χ1n) is 6.33. The number of aliphatic hydroxyl groups is 1. The van der Waals surface area contributed by atoms with Crippen LogP contribution in [0, 0.1) is 12.3 Å². The molecule has 6 heteroatoms. The highest BCUT2D eigenvalue weighted by molar-refractivity contribution is 6.37. The largest absolute Gasteiger partial charge is 0.511 e. The Labute approximate surface area is 133 Å². The molecular weight excluding hydrogens is 315 g/mol. The molecule has 0 saturated carbocycles. The predicted molar refractivity (Wildman–Crippen MR) is 81.4 cm³/mol. The molecule has 1 heterocycles. The highest BCUT2D eigenvalue weighted by atomic mass is 35.5. The van der Waals surface area contributed by atoms with E-state index in [4.69, 9.17) is 32.7 Å². The summed E-state index contributed by atoms with van der Waals surface area (Å²) in [5, 5.41) is 11.3. The molecule has 0 amide bonds. The average molecular weight is 331 g/mol. The van der Waals surface area contributed by atoms with Crippen molar-refractivity contribution in [2.24, 2.45) is 5.41 Å². The van der Waals surface area contributed by atoms with Crippen LogP contribution in [0.3, 0.4) is 0 Å². The van der Waals surface area contributed by atoms with Gasteiger partial charge in [-0.3, -0.25) is 0 Å². The van der Waals surface area contributed by atoms with Gasteiger partial charge in [0.05, 0.1) is 10.4 Å². The van der Waals surface area contributed by atoms with Crippen molar-refractivity contribution < 1.29 is 19.4 Å². The Morgan fingerprint density at radius 2 is 1.95 bits per heavy atom. The Balaban J connectivity index is 2.71. The van der Waals surface area contributed by atoms with Gasteiger partial charge in [0.2, 0.25) is 6.29 Å². The van der Waals surface area contributed by atoms with Crippen LogP contribution in [-0.2, 0) is 14.3 Å². The summed E-state index contributed by atoms with van der Waals surface area (Å²) < 4.78 is 10.4. The Hall–Kier alpha value is -1.23. The predicted octanol–water partition coefficient (Wildman–Crippen LogP) is 4.13. The van der Waals surface area contributed by atoms with Crippen molar-refractivity contribution in [2.75, 3.05) is 7.11 Å². The number of hydrogen-bond acceptors (Lipinski definition) is 4. The van der Waals surface area contributed by atoms with Crippen molar-refractivity contribution in [3.05, 3.63) is 39.1 Å². The van der Waals surface area contributed by atoms with Gasteiger partial charge in [0, 0.05) is 17.7 Å². The smallest absolute Gasteiger partial charge is 0.344 e. The van der Waals surface area contributed by atoms with E-state index in [1.54, 1.807) is 26.8 Å². The van der Waals surface area contributed by atoms with Crippen molar-refractivity contribution in [1.82, 2.24) is 0 Å². The fraction of sp³-hybridized carbons (Fsp3) is 0.400.